The zero-order chi connectivity index (χ0) is 16.7. The van der Waals surface area contributed by atoms with Gasteiger partial charge in [0.15, 0.2) is 0 Å². The first-order valence-corrected chi connectivity index (χ1v) is 7.26. The van der Waals surface area contributed by atoms with Gasteiger partial charge < -0.3 is 10.4 Å². The van der Waals surface area contributed by atoms with E-state index in [0.29, 0.717) is 11.3 Å². The summed E-state index contributed by atoms with van der Waals surface area (Å²) in [6, 6.07) is 5.01. The lowest BCUT2D eigenvalue weighted by atomic mass is 10.1. The number of nitrogens with one attached hydrogen (secondary N) is 2. The molecule has 1 atom stereocenters. The fraction of sp³-hybridized carbons (Fsp3) is 0.438. The molecule has 0 unspecified atom stereocenters. The molecule has 0 aromatic heterocycles. The predicted molar refractivity (Wildman–Crippen MR) is 85.9 cm³/mol. The SMILES string of the molecule is CC[C@@H](C)NC(=O)C/C(C)=N\NC(=O)c1cccc(C)c1O. The number of carbonyl (C=O) groups is 2. The highest BCUT2D eigenvalue weighted by atomic mass is 16.3. The molecule has 0 heterocycles. The lowest BCUT2D eigenvalue weighted by Crippen LogP contribution is -2.33. The number of phenols is 1. The number of nitrogens with zero attached hydrogens (tertiary/aromatic N) is 1. The number of aromatic hydroxyl groups is 1. The van der Waals surface area contributed by atoms with E-state index in [1.807, 2.05) is 13.8 Å². The molecule has 0 aliphatic heterocycles. The molecular weight excluding hydrogens is 282 g/mol. The van der Waals surface area contributed by atoms with Crippen LogP contribution in [0.15, 0.2) is 23.3 Å². The molecule has 0 radical (unpaired) electrons. The van der Waals surface area contributed by atoms with Crippen LogP contribution in [0.4, 0.5) is 0 Å². The molecule has 0 bridgehead atoms. The third-order valence-corrected chi connectivity index (χ3v) is 3.27. The molecular formula is C16H23N3O3. The molecule has 120 valence electrons. The zero-order valence-corrected chi connectivity index (χ0v) is 13.4. The molecule has 6 heteroatoms. The van der Waals surface area contributed by atoms with E-state index in [0.717, 1.165) is 6.42 Å². The smallest absolute Gasteiger partial charge is 0.275 e. The summed E-state index contributed by atoms with van der Waals surface area (Å²) < 4.78 is 0. The summed E-state index contributed by atoms with van der Waals surface area (Å²) in [5.74, 6) is -0.714. The molecule has 0 aliphatic carbocycles. The van der Waals surface area contributed by atoms with Crippen molar-refractivity contribution < 1.29 is 14.7 Å². The van der Waals surface area contributed by atoms with Crippen LogP contribution in [-0.2, 0) is 4.79 Å². The largest absolute Gasteiger partial charge is 0.507 e. The molecule has 3 N–H and O–H groups in total. The number of rotatable bonds is 6. The Balaban J connectivity index is 2.61. The molecule has 0 saturated heterocycles. The van der Waals surface area contributed by atoms with Crippen LogP contribution in [0.5, 0.6) is 5.75 Å². The molecule has 0 saturated carbocycles. The Hall–Kier alpha value is -2.37. The first kappa shape index (κ1) is 17.7. The number of para-hydroxylation sites is 1. The van der Waals surface area contributed by atoms with Crippen molar-refractivity contribution >= 4 is 17.5 Å². The topological polar surface area (TPSA) is 90.8 Å². The highest BCUT2D eigenvalue weighted by molar-refractivity contribution is 6.01. The van der Waals surface area contributed by atoms with Crippen molar-refractivity contribution in [3.8, 4) is 5.75 Å². The van der Waals surface area contributed by atoms with Gasteiger partial charge in [0, 0.05) is 11.8 Å². The van der Waals surface area contributed by atoms with E-state index in [1.165, 1.54) is 6.07 Å². The average Bonchev–Trinajstić information content (AvgIpc) is 2.47. The number of hydrogen-bond donors (Lipinski definition) is 3. The lowest BCUT2D eigenvalue weighted by molar-refractivity contribution is -0.120. The van der Waals surface area contributed by atoms with Gasteiger partial charge in [-0.05, 0) is 38.8 Å². The maximum absolute atomic E-state index is 12.0. The van der Waals surface area contributed by atoms with Crippen molar-refractivity contribution in [2.24, 2.45) is 5.10 Å². The van der Waals surface area contributed by atoms with Crippen LogP contribution < -0.4 is 10.7 Å². The Morgan fingerprint density at radius 3 is 2.68 bits per heavy atom. The molecule has 1 aromatic carbocycles. The van der Waals surface area contributed by atoms with E-state index < -0.39 is 5.91 Å². The molecule has 2 amide bonds. The van der Waals surface area contributed by atoms with Crippen LogP contribution in [-0.4, -0.2) is 28.7 Å². The Morgan fingerprint density at radius 2 is 2.05 bits per heavy atom. The van der Waals surface area contributed by atoms with Gasteiger partial charge in [0.25, 0.3) is 5.91 Å². The summed E-state index contributed by atoms with van der Waals surface area (Å²) in [7, 11) is 0. The Kier molecular flexibility index (Phi) is 6.56. The quantitative estimate of drug-likeness (QED) is 0.555. The molecule has 0 aliphatic rings. The minimum Gasteiger partial charge on any atom is -0.507 e. The second kappa shape index (κ2) is 8.17. The number of carbonyl (C=O) groups excluding carboxylic acids is 2. The minimum atomic E-state index is -0.511. The Labute approximate surface area is 130 Å². The second-order valence-electron chi connectivity index (χ2n) is 5.31. The average molecular weight is 305 g/mol. The van der Waals surface area contributed by atoms with Crippen molar-refractivity contribution in [1.29, 1.82) is 0 Å². The van der Waals surface area contributed by atoms with Gasteiger partial charge in [0.1, 0.15) is 5.75 Å². The molecule has 0 fully saturated rings. The van der Waals surface area contributed by atoms with Crippen LogP contribution in [0, 0.1) is 6.92 Å². The second-order valence-corrected chi connectivity index (χ2v) is 5.31. The zero-order valence-electron chi connectivity index (χ0n) is 13.4. The summed E-state index contributed by atoms with van der Waals surface area (Å²) >= 11 is 0. The first-order chi connectivity index (χ1) is 10.3. The molecule has 22 heavy (non-hydrogen) atoms. The predicted octanol–water partition coefficient (Wildman–Crippen LogP) is 2.11. The summed E-state index contributed by atoms with van der Waals surface area (Å²) in [4.78, 5) is 23.6. The van der Waals surface area contributed by atoms with Gasteiger partial charge in [0.05, 0.1) is 12.0 Å². The van der Waals surface area contributed by atoms with Crippen molar-refractivity contribution in [3.63, 3.8) is 0 Å². The fourth-order valence-electron chi connectivity index (χ4n) is 1.75. The van der Waals surface area contributed by atoms with Gasteiger partial charge in [-0.3, -0.25) is 9.59 Å². The highest BCUT2D eigenvalue weighted by Gasteiger charge is 2.12. The van der Waals surface area contributed by atoms with Crippen LogP contribution in [0.2, 0.25) is 0 Å². The summed E-state index contributed by atoms with van der Waals surface area (Å²) in [5, 5.41) is 16.5. The van der Waals surface area contributed by atoms with Gasteiger partial charge in [0.2, 0.25) is 5.91 Å². The van der Waals surface area contributed by atoms with Crippen molar-refractivity contribution in [3.05, 3.63) is 29.3 Å². The van der Waals surface area contributed by atoms with Crippen LogP contribution >= 0.6 is 0 Å². The third kappa shape index (κ3) is 5.20. The fourth-order valence-corrected chi connectivity index (χ4v) is 1.75. The van der Waals surface area contributed by atoms with E-state index in [1.54, 1.807) is 26.0 Å². The van der Waals surface area contributed by atoms with E-state index in [-0.39, 0.29) is 29.7 Å². The van der Waals surface area contributed by atoms with Gasteiger partial charge in [-0.2, -0.15) is 5.10 Å². The molecule has 0 spiro atoms. The number of amides is 2. The number of benzene rings is 1. The van der Waals surface area contributed by atoms with Gasteiger partial charge in [-0.25, -0.2) is 5.43 Å². The van der Waals surface area contributed by atoms with Crippen LogP contribution in [0.1, 0.15) is 49.5 Å². The van der Waals surface area contributed by atoms with Crippen molar-refractivity contribution in [2.75, 3.05) is 0 Å². The number of aryl methyl sites for hydroxylation is 1. The summed E-state index contributed by atoms with van der Waals surface area (Å²) in [5.41, 5.74) is 3.60. The van der Waals surface area contributed by atoms with Crippen LogP contribution in [0.3, 0.4) is 0 Å². The number of phenolic OH excluding ortho intramolecular Hbond substituents is 1. The van der Waals surface area contributed by atoms with E-state index >= 15 is 0 Å². The van der Waals surface area contributed by atoms with Gasteiger partial charge in [-0.1, -0.05) is 19.1 Å². The van der Waals surface area contributed by atoms with E-state index in [4.69, 9.17) is 0 Å². The summed E-state index contributed by atoms with van der Waals surface area (Å²) in [6.45, 7) is 7.28. The van der Waals surface area contributed by atoms with E-state index in [2.05, 4.69) is 15.8 Å². The lowest BCUT2D eigenvalue weighted by Gasteiger charge is -2.11. The molecule has 6 nitrogen and oxygen atoms in total. The Bertz CT molecular complexity index is 582. The Morgan fingerprint density at radius 1 is 1.36 bits per heavy atom. The normalized spacial score (nSPS) is 12.6. The number of hydrazone groups is 1. The van der Waals surface area contributed by atoms with Crippen molar-refractivity contribution in [2.45, 2.75) is 46.6 Å². The van der Waals surface area contributed by atoms with E-state index in [9.17, 15) is 14.7 Å². The highest BCUT2D eigenvalue weighted by Crippen LogP contribution is 2.20. The first-order valence-electron chi connectivity index (χ1n) is 7.26. The maximum Gasteiger partial charge on any atom is 0.275 e. The molecule has 1 aromatic rings. The third-order valence-electron chi connectivity index (χ3n) is 3.27. The van der Waals surface area contributed by atoms with Crippen LogP contribution in [0.25, 0.3) is 0 Å². The minimum absolute atomic E-state index is 0.0673. The van der Waals surface area contributed by atoms with Gasteiger partial charge in [-0.15, -0.1) is 0 Å². The summed E-state index contributed by atoms with van der Waals surface area (Å²) in [6.07, 6.45) is 0.968. The van der Waals surface area contributed by atoms with Gasteiger partial charge >= 0.3 is 0 Å². The standard InChI is InChI=1S/C16H23N3O3/c1-5-11(3)17-14(20)9-12(4)18-19-16(22)13-8-6-7-10(2)15(13)21/h6-8,11,21H,5,9H2,1-4H3,(H,17,20)(H,19,22)/b18-12-/t11-/m1/s1. The molecule has 1 rings (SSSR count). The van der Waals surface area contributed by atoms with Crippen molar-refractivity contribution in [1.82, 2.24) is 10.7 Å². The number of hydrogen-bond acceptors (Lipinski definition) is 4. The maximum atomic E-state index is 12.0. The monoisotopic (exact) mass is 305 g/mol.